The van der Waals surface area contributed by atoms with Gasteiger partial charge in [-0.05, 0) is 25.7 Å². The maximum Gasteiger partial charge on any atom is 0.322 e. The molecule has 5 N–H and O–H groups in total. The van der Waals surface area contributed by atoms with Crippen LogP contribution in [-0.4, -0.2) is 53.1 Å². The van der Waals surface area contributed by atoms with Crippen LogP contribution in [0.5, 0.6) is 0 Å². The number of carboxylic acids is 2. The number of aliphatic carboxylic acids is 2. The van der Waals surface area contributed by atoms with Crippen molar-refractivity contribution in [1.82, 2.24) is 15.4 Å². The van der Waals surface area contributed by atoms with E-state index < -0.39 is 18.0 Å². The molecule has 2 amide bonds. The molecule has 0 bridgehead atoms. The number of hydrogen-bond donors (Lipinski definition) is 6. The fourth-order valence-electron chi connectivity index (χ4n) is 1.87. The molecular weight excluding hydrogens is 374 g/mol. The van der Waals surface area contributed by atoms with E-state index in [1.54, 1.807) is 6.92 Å². The van der Waals surface area contributed by atoms with E-state index in [0.29, 0.717) is 25.8 Å². The second-order valence-electron chi connectivity index (χ2n) is 5.85. The monoisotopic (exact) mass is 407 g/mol. The van der Waals surface area contributed by atoms with E-state index in [1.165, 1.54) is 0 Å². The highest BCUT2D eigenvalue weighted by atomic mass is 32.1. The summed E-state index contributed by atoms with van der Waals surface area (Å²) in [5.41, 5.74) is 0. The van der Waals surface area contributed by atoms with Crippen LogP contribution in [0.3, 0.4) is 0 Å². The smallest absolute Gasteiger partial charge is 0.322 e. The number of nitrogens with one attached hydrogen (secondary N) is 3. The van der Waals surface area contributed by atoms with Crippen molar-refractivity contribution in [2.75, 3.05) is 13.1 Å². The summed E-state index contributed by atoms with van der Waals surface area (Å²) in [5, 5.41) is 21.9. The molecule has 1 unspecified atom stereocenters. The highest BCUT2D eigenvalue weighted by Crippen LogP contribution is 2.01. The lowest BCUT2D eigenvalue weighted by Crippen LogP contribution is -2.31. The van der Waals surface area contributed by atoms with Gasteiger partial charge in [0.15, 0.2) is 0 Å². The number of unbranched alkanes of at least 4 members (excludes halogenated alkanes) is 3. The molecule has 0 aliphatic heterocycles. The van der Waals surface area contributed by atoms with Gasteiger partial charge in [-0.1, -0.05) is 39.5 Å². The van der Waals surface area contributed by atoms with Crippen LogP contribution < -0.4 is 15.4 Å². The van der Waals surface area contributed by atoms with Gasteiger partial charge in [-0.25, -0.2) is 0 Å². The second kappa shape index (κ2) is 19.0. The molecule has 1 atom stereocenters. The SMILES string of the molecule is CCC(=O)NCCCCC(NS)C(=O)O.CCCCCC(=O)NCC(=O)O. The first-order chi connectivity index (χ1) is 12.8. The molecule has 27 heavy (non-hydrogen) atoms. The predicted octanol–water partition coefficient (Wildman–Crippen LogP) is 1.34. The zero-order valence-corrected chi connectivity index (χ0v) is 17.0. The van der Waals surface area contributed by atoms with E-state index in [2.05, 4.69) is 35.1 Å². The van der Waals surface area contributed by atoms with E-state index in [0.717, 1.165) is 32.1 Å². The number of thiol groups is 1. The fraction of sp³-hybridized carbons (Fsp3) is 0.765. The van der Waals surface area contributed by atoms with Crippen molar-refractivity contribution in [2.24, 2.45) is 0 Å². The Morgan fingerprint density at radius 1 is 0.926 bits per heavy atom. The molecule has 0 aliphatic rings. The Labute approximate surface area is 166 Å². The van der Waals surface area contributed by atoms with E-state index in [1.807, 2.05) is 0 Å². The molecule has 0 saturated heterocycles. The van der Waals surface area contributed by atoms with Crippen LogP contribution in [0.15, 0.2) is 0 Å². The Bertz CT molecular complexity index is 448. The average molecular weight is 408 g/mol. The van der Waals surface area contributed by atoms with E-state index in [9.17, 15) is 19.2 Å². The van der Waals surface area contributed by atoms with Gasteiger partial charge >= 0.3 is 11.9 Å². The summed E-state index contributed by atoms with van der Waals surface area (Å²) < 4.78 is 2.42. The number of carbonyl (C=O) groups excluding carboxylic acids is 2. The van der Waals surface area contributed by atoms with Gasteiger partial charge in [-0.15, -0.1) is 0 Å². The Kier molecular flexibility index (Phi) is 19.3. The van der Waals surface area contributed by atoms with E-state index in [-0.39, 0.29) is 18.4 Å². The third-order valence-electron chi connectivity index (χ3n) is 3.46. The summed E-state index contributed by atoms with van der Waals surface area (Å²) in [6, 6.07) is -0.616. The van der Waals surface area contributed by atoms with Crippen LogP contribution in [0, 0.1) is 0 Å². The molecule has 0 aliphatic carbocycles. The lowest BCUT2D eigenvalue weighted by molar-refractivity contribution is -0.139. The molecule has 0 aromatic rings. The Morgan fingerprint density at radius 2 is 1.59 bits per heavy atom. The highest BCUT2D eigenvalue weighted by Gasteiger charge is 2.13. The minimum Gasteiger partial charge on any atom is -0.480 e. The molecule has 0 spiro atoms. The molecule has 0 aromatic carbocycles. The molecule has 0 heterocycles. The van der Waals surface area contributed by atoms with Crippen molar-refractivity contribution in [3.63, 3.8) is 0 Å². The molecule has 0 rings (SSSR count). The molecule has 0 radical (unpaired) electrons. The first-order valence-corrected chi connectivity index (χ1v) is 9.60. The van der Waals surface area contributed by atoms with Crippen LogP contribution >= 0.6 is 12.8 Å². The van der Waals surface area contributed by atoms with E-state index in [4.69, 9.17) is 10.2 Å². The molecule has 0 aromatic heterocycles. The topological polar surface area (TPSA) is 145 Å². The molecule has 0 fully saturated rings. The minimum absolute atomic E-state index is 0.0251. The number of rotatable bonds is 14. The maximum atomic E-state index is 10.8. The summed E-state index contributed by atoms with van der Waals surface area (Å²) >= 11 is 3.73. The van der Waals surface area contributed by atoms with Crippen LogP contribution in [-0.2, 0) is 19.2 Å². The van der Waals surface area contributed by atoms with Crippen molar-refractivity contribution in [2.45, 2.75) is 71.3 Å². The maximum absolute atomic E-state index is 10.8. The van der Waals surface area contributed by atoms with E-state index >= 15 is 0 Å². The van der Waals surface area contributed by atoms with Gasteiger partial charge in [-0.3, -0.25) is 23.9 Å². The third kappa shape index (κ3) is 20.4. The number of hydrogen-bond acceptors (Lipinski definition) is 6. The summed E-state index contributed by atoms with van der Waals surface area (Å²) in [6.07, 6.45) is 5.87. The fourth-order valence-corrected chi connectivity index (χ4v) is 2.11. The normalized spacial score (nSPS) is 10.9. The number of carboxylic acid groups (broad SMARTS) is 2. The lowest BCUT2D eigenvalue weighted by Gasteiger charge is -2.09. The summed E-state index contributed by atoms with van der Waals surface area (Å²) in [5.74, 6) is -2.05. The van der Waals surface area contributed by atoms with Crippen LogP contribution in [0.25, 0.3) is 0 Å². The zero-order chi connectivity index (χ0) is 21.1. The van der Waals surface area contributed by atoms with Crippen molar-refractivity contribution in [1.29, 1.82) is 0 Å². The van der Waals surface area contributed by atoms with Crippen LogP contribution in [0.2, 0.25) is 0 Å². The van der Waals surface area contributed by atoms with Crippen molar-refractivity contribution in [3.05, 3.63) is 0 Å². The molecule has 158 valence electrons. The standard InChI is InChI=1S/C9H18N2O3S.C8H15NO3/c1-2-8(12)10-6-4-3-5-7(11-15)9(13)14;1-2-3-4-5-7(10)9-6-8(11)12/h7,11,15H,2-6H2,1H3,(H,10,12)(H,13,14);2-6H2,1H3,(H,9,10)(H,11,12). The third-order valence-corrected chi connectivity index (χ3v) is 3.77. The van der Waals surface area contributed by atoms with Gasteiger partial charge in [0.25, 0.3) is 0 Å². The quantitative estimate of drug-likeness (QED) is 0.188. The summed E-state index contributed by atoms with van der Waals surface area (Å²) in [4.78, 5) is 42.3. The number of carbonyl (C=O) groups is 4. The first-order valence-electron chi connectivity index (χ1n) is 9.15. The lowest BCUT2D eigenvalue weighted by atomic mass is 10.1. The van der Waals surface area contributed by atoms with Crippen molar-refractivity contribution < 1.29 is 29.4 Å². The van der Waals surface area contributed by atoms with Crippen molar-refractivity contribution in [3.8, 4) is 0 Å². The molecular formula is C17H33N3O6S. The van der Waals surface area contributed by atoms with Gasteiger partial charge in [0.05, 0.1) is 0 Å². The largest absolute Gasteiger partial charge is 0.480 e. The molecule has 9 nitrogen and oxygen atoms in total. The molecule has 0 saturated carbocycles. The van der Waals surface area contributed by atoms with Crippen molar-refractivity contribution >= 4 is 36.6 Å². The Hall–Kier alpha value is -1.81. The van der Waals surface area contributed by atoms with Gasteiger partial charge in [-0.2, -0.15) is 0 Å². The Morgan fingerprint density at radius 3 is 2.07 bits per heavy atom. The van der Waals surface area contributed by atoms with Gasteiger partial charge < -0.3 is 20.8 Å². The van der Waals surface area contributed by atoms with Crippen LogP contribution in [0.1, 0.15) is 65.2 Å². The zero-order valence-electron chi connectivity index (χ0n) is 16.1. The van der Waals surface area contributed by atoms with Crippen LogP contribution in [0.4, 0.5) is 0 Å². The second-order valence-corrected chi connectivity index (χ2v) is 6.10. The predicted molar refractivity (Wildman–Crippen MR) is 105 cm³/mol. The van der Waals surface area contributed by atoms with Gasteiger partial charge in [0.2, 0.25) is 11.8 Å². The van der Waals surface area contributed by atoms with Gasteiger partial charge in [0.1, 0.15) is 12.6 Å². The summed E-state index contributed by atoms with van der Waals surface area (Å²) in [6.45, 7) is 4.17. The Balaban J connectivity index is 0. The average Bonchev–Trinajstić information content (AvgIpc) is 2.63. The highest BCUT2D eigenvalue weighted by molar-refractivity contribution is 7.78. The van der Waals surface area contributed by atoms with Gasteiger partial charge in [0, 0.05) is 19.4 Å². The molecule has 10 heteroatoms. The minimum atomic E-state index is -1.00. The number of amides is 2. The first kappa shape index (κ1) is 27.4. The summed E-state index contributed by atoms with van der Waals surface area (Å²) in [7, 11) is 0.